The highest BCUT2D eigenvalue weighted by Gasteiger charge is 2.44. The van der Waals surface area contributed by atoms with Crippen molar-refractivity contribution in [1.29, 1.82) is 0 Å². The molecule has 0 radical (unpaired) electrons. The lowest BCUT2D eigenvalue weighted by Gasteiger charge is -2.30. The molecule has 0 heterocycles. The highest BCUT2D eigenvalue weighted by atomic mass is 15.4. The quantitative estimate of drug-likeness (QED) is 0.674. The maximum atomic E-state index is 3.68. The molecule has 0 unspecified atom stereocenters. The minimum Gasteiger partial charge on any atom is -0.254 e. The third kappa shape index (κ3) is 1.59. The molecule has 0 amide bonds. The second-order valence-electron chi connectivity index (χ2n) is 5.68. The van der Waals surface area contributed by atoms with Gasteiger partial charge < -0.3 is 0 Å². The molecule has 0 aromatic heterocycles. The molecule has 2 bridgehead atoms. The van der Waals surface area contributed by atoms with Gasteiger partial charge in [0, 0.05) is 11.6 Å². The third-order valence-electron chi connectivity index (χ3n) is 4.64. The number of nitrogens with one attached hydrogen (secondary N) is 2. The van der Waals surface area contributed by atoms with Crippen LogP contribution in [0.15, 0.2) is 0 Å². The molecule has 3 fully saturated rings. The van der Waals surface area contributed by atoms with Gasteiger partial charge in [-0.2, -0.15) is 0 Å². The zero-order valence-corrected chi connectivity index (χ0v) is 9.02. The van der Waals surface area contributed by atoms with Gasteiger partial charge in [-0.1, -0.05) is 12.8 Å². The first-order valence-electron chi connectivity index (χ1n) is 6.39. The summed E-state index contributed by atoms with van der Waals surface area (Å²) in [5.41, 5.74) is 7.78. The van der Waals surface area contributed by atoms with Crippen LogP contribution in [-0.2, 0) is 0 Å². The zero-order chi connectivity index (χ0) is 9.43. The second kappa shape index (κ2) is 3.49. The molecule has 3 saturated carbocycles. The Hall–Kier alpha value is -0.0800. The average molecular weight is 194 g/mol. The molecule has 80 valence electrons. The van der Waals surface area contributed by atoms with Crippen LogP contribution in [0.25, 0.3) is 0 Å². The Morgan fingerprint density at radius 1 is 0.929 bits per heavy atom. The standard InChI is InChI=1S/C12H22N2/c1-2-4-11(3-1)13-14-12-7-5-10(9-12)6-8-12/h10-11,13-14H,1-9H2. The van der Waals surface area contributed by atoms with Gasteiger partial charge in [0.25, 0.3) is 0 Å². The summed E-state index contributed by atoms with van der Waals surface area (Å²) in [7, 11) is 0. The van der Waals surface area contributed by atoms with Crippen molar-refractivity contribution in [2.45, 2.75) is 69.4 Å². The Labute approximate surface area is 86.8 Å². The van der Waals surface area contributed by atoms with Crippen molar-refractivity contribution in [3.8, 4) is 0 Å². The largest absolute Gasteiger partial charge is 0.254 e. The molecule has 2 heteroatoms. The summed E-state index contributed by atoms with van der Waals surface area (Å²) >= 11 is 0. The highest BCUT2D eigenvalue weighted by Crippen LogP contribution is 2.47. The van der Waals surface area contributed by atoms with Crippen molar-refractivity contribution in [2.75, 3.05) is 0 Å². The fraction of sp³-hybridized carbons (Fsp3) is 1.00. The number of rotatable bonds is 3. The van der Waals surface area contributed by atoms with E-state index in [9.17, 15) is 0 Å². The van der Waals surface area contributed by atoms with Crippen molar-refractivity contribution >= 4 is 0 Å². The Morgan fingerprint density at radius 2 is 1.64 bits per heavy atom. The molecule has 0 saturated heterocycles. The lowest BCUT2D eigenvalue weighted by molar-refractivity contribution is 0.259. The molecule has 0 spiro atoms. The first-order chi connectivity index (χ1) is 6.86. The van der Waals surface area contributed by atoms with Gasteiger partial charge in [-0.05, 0) is 50.9 Å². The van der Waals surface area contributed by atoms with E-state index in [1.165, 1.54) is 57.8 Å². The molecule has 0 aliphatic heterocycles. The van der Waals surface area contributed by atoms with Crippen LogP contribution in [0.5, 0.6) is 0 Å². The summed E-state index contributed by atoms with van der Waals surface area (Å²) in [4.78, 5) is 0. The Bertz CT molecular complexity index is 200. The SMILES string of the molecule is C1CCC(NNC23CCC(CC2)C3)C1. The Balaban J connectivity index is 1.51. The van der Waals surface area contributed by atoms with Gasteiger partial charge in [-0.3, -0.25) is 10.9 Å². The molecule has 3 aliphatic rings. The molecule has 0 aromatic rings. The monoisotopic (exact) mass is 194 g/mol. The molecular formula is C12H22N2. The van der Waals surface area contributed by atoms with E-state index >= 15 is 0 Å². The van der Waals surface area contributed by atoms with Crippen LogP contribution in [0.3, 0.4) is 0 Å². The van der Waals surface area contributed by atoms with Crippen molar-refractivity contribution in [2.24, 2.45) is 5.92 Å². The van der Waals surface area contributed by atoms with Gasteiger partial charge >= 0.3 is 0 Å². The maximum absolute atomic E-state index is 3.68. The number of hydrogen-bond acceptors (Lipinski definition) is 2. The van der Waals surface area contributed by atoms with Gasteiger partial charge in [0.15, 0.2) is 0 Å². The lowest BCUT2D eigenvalue weighted by Crippen LogP contribution is -2.52. The maximum Gasteiger partial charge on any atom is 0.0326 e. The summed E-state index contributed by atoms with van der Waals surface area (Å²) in [6.45, 7) is 0. The number of hydrazine groups is 1. The van der Waals surface area contributed by atoms with Crippen molar-refractivity contribution in [1.82, 2.24) is 10.9 Å². The van der Waals surface area contributed by atoms with Crippen molar-refractivity contribution in [3.05, 3.63) is 0 Å². The molecule has 2 N–H and O–H groups in total. The summed E-state index contributed by atoms with van der Waals surface area (Å²) in [5.74, 6) is 1.05. The predicted molar refractivity (Wildman–Crippen MR) is 57.8 cm³/mol. The smallest absolute Gasteiger partial charge is 0.0326 e. The minimum absolute atomic E-state index is 0.507. The molecule has 3 rings (SSSR count). The van der Waals surface area contributed by atoms with E-state index in [-0.39, 0.29) is 0 Å². The average Bonchev–Trinajstić information content (AvgIpc) is 2.93. The lowest BCUT2D eigenvalue weighted by atomic mass is 9.95. The normalized spacial score (nSPS) is 42.4. The molecule has 3 aliphatic carbocycles. The molecule has 0 aromatic carbocycles. The van der Waals surface area contributed by atoms with E-state index in [1.807, 2.05) is 0 Å². The number of hydrogen-bond donors (Lipinski definition) is 2. The van der Waals surface area contributed by atoms with Gasteiger partial charge in [0.1, 0.15) is 0 Å². The van der Waals surface area contributed by atoms with E-state index in [4.69, 9.17) is 0 Å². The van der Waals surface area contributed by atoms with Gasteiger partial charge in [0.05, 0.1) is 0 Å². The second-order valence-corrected chi connectivity index (χ2v) is 5.68. The van der Waals surface area contributed by atoms with Crippen molar-refractivity contribution < 1.29 is 0 Å². The topological polar surface area (TPSA) is 24.1 Å². The van der Waals surface area contributed by atoms with Gasteiger partial charge in [0.2, 0.25) is 0 Å². The fourth-order valence-electron chi connectivity index (χ4n) is 3.69. The van der Waals surface area contributed by atoms with Crippen LogP contribution in [0.1, 0.15) is 57.8 Å². The van der Waals surface area contributed by atoms with Gasteiger partial charge in [-0.25, -0.2) is 0 Å². The first-order valence-corrected chi connectivity index (χ1v) is 6.39. The Kier molecular flexibility index (Phi) is 2.29. The van der Waals surface area contributed by atoms with E-state index in [0.29, 0.717) is 5.54 Å². The minimum atomic E-state index is 0.507. The van der Waals surface area contributed by atoms with Crippen LogP contribution < -0.4 is 10.9 Å². The predicted octanol–water partition coefficient (Wildman–Crippen LogP) is 2.36. The molecular weight excluding hydrogens is 172 g/mol. The first kappa shape index (κ1) is 9.17. The Morgan fingerprint density at radius 3 is 2.21 bits per heavy atom. The summed E-state index contributed by atoms with van der Waals surface area (Å²) < 4.78 is 0. The molecule has 0 atom stereocenters. The van der Waals surface area contributed by atoms with Crippen LogP contribution in [0.2, 0.25) is 0 Å². The van der Waals surface area contributed by atoms with E-state index in [0.717, 1.165) is 12.0 Å². The van der Waals surface area contributed by atoms with Gasteiger partial charge in [-0.15, -0.1) is 0 Å². The van der Waals surface area contributed by atoms with Crippen LogP contribution in [0.4, 0.5) is 0 Å². The highest BCUT2D eigenvalue weighted by molar-refractivity contribution is 5.01. The van der Waals surface area contributed by atoms with E-state index < -0.39 is 0 Å². The fourth-order valence-corrected chi connectivity index (χ4v) is 3.69. The van der Waals surface area contributed by atoms with Crippen LogP contribution in [0, 0.1) is 5.92 Å². The van der Waals surface area contributed by atoms with Crippen molar-refractivity contribution in [3.63, 3.8) is 0 Å². The zero-order valence-electron chi connectivity index (χ0n) is 9.02. The summed E-state index contributed by atoms with van der Waals surface area (Å²) in [6.07, 6.45) is 12.8. The molecule has 2 nitrogen and oxygen atoms in total. The van der Waals surface area contributed by atoms with Crippen LogP contribution >= 0.6 is 0 Å². The summed E-state index contributed by atoms with van der Waals surface area (Å²) in [6, 6.07) is 0.768. The molecule has 14 heavy (non-hydrogen) atoms. The summed E-state index contributed by atoms with van der Waals surface area (Å²) in [5, 5.41) is 0. The van der Waals surface area contributed by atoms with E-state index in [1.54, 1.807) is 0 Å². The van der Waals surface area contributed by atoms with Crippen LogP contribution in [-0.4, -0.2) is 11.6 Å². The number of fused-ring (bicyclic) bond motifs is 2. The third-order valence-corrected chi connectivity index (χ3v) is 4.64. The van der Waals surface area contributed by atoms with E-state index in [2.05, 4.69) is 10.9 Å².